The molecule has 3 aliphatic rings. The first-order valence-corrected chi connectivity index (χ1v) is 6.30. The van der Waals surface area contributed by atoms with E-state index in [4.69, 9.17) is 19.8 Å². The van der Waals surface area contributed by atoms with Crippen molar-refractivity contribution in [1.82, 2.24) is 5.32 Å². The van der Waals surface area contributed by atoms with Crippen molar-refractivity contribution in [2.75, 3.05) is 0 Å². The zero-order valence-electron chi connectivity index (χ0n) is 9.76. The molecule has 0 aromatic rings. The summed E-state index contributed by atoms with van der Waals surface area (Å²) >= 11 is 0. The second-order valence-electron chi connectivity index (χ2n) is 5.25. The fourth-order valence-corrected chi connectivity index (χ4v) is 2.67. The Hall–Kier alpha value is -1.10. The second kappa shape index (κ2) is 5.04. The molecule has 0 aromatic carbocycles. The lowest BCUT2D eigenvalue weighted by Gasteiger charge is -2.22. The van der Waals surface area contributed by atoms with Gasteiger partial charge < -0.3 is 15.5 Å². The van der Waals surface area contributed by atoms with Crippen LogP contribution < -0.4 is 5.32 Å². The predicted octanol–water partition coefficient (Wildman–Crippen LogP) is 1.08. The smallest absolute Gasteiger partial charge is 0.414 e. The number of rotatable bonds is 2. The highest BCUT2D eigenvalue weighted by Crippen LogP contribution is 2.50. The molecule has 3 unspecified atom stereocenters. The average molecular weight is 241 g/mol. The zero-order valence-corrected chi connectivity index (χ0v) is 9.76. The highest BCUT2D eigenvalue weighted by atomic mass is 16.4. The van der Waals surface area contributed by atoms with E-state index in [2.05, 4.69) is 5.32 Å². The van der Waals surface area contributed by atoms with Gasteiger partial charge in [0.25, 0.3) is 0 Å². The van der Waals surface area contributed by atoms with Crippen LogP contribution in [0.5, 0.6) is 0 Å². The summed E-state index contributed by atoms with van der Waals surface area (Å²) in [6.45, 7) is 0. The third-order valence-corrected chi connectivity index (χ3v) is 3.79. The molecule has 3 rings (SSSR count). The Labute approximate surface area is 100 Å². The van der Waals surface area contributed by atoms with Crippen molar-refractivity contribution in [1.29, 1.82) is 0 Å². The molecule has 0 bridgehead atoms. The van der Waals surface area contributed by atoms with Crippen molar-refractivity contribution in [3.05, 3.63) is 0 Å². The van der Waals surface area contributed by atoms with Crippen LogP contribution in [0.2, 0.25) is 0 Å². The van der Waals surface area contributed by atoms with Gasteiger partial charge in [0.1, 0.15) is 0 Å². The third kappa shape index (κ3) is 3.70. The minimum atomic E-state index is -1.82. The molecule has 96 valence electrons. The predicted molar refractivity (Wildman–Crippen MR) is 60.7 cm³/mol. The Kier molecular flexibility index (Phi) is 3.66. The molecule has 5 heteroatoms. The monoisotopic (exact) mass is 241 g/mol. The van der Waals surface area contributed by atoms with Crippen molar-refractivity contribution < 1.29 is 19.8 Å². The fourth-order valence-electron chi connectivity index (χ4n) is 2.67. The summed E-state index contributed by atoms with van der Waals surface area (Å²) in [5.41, 5.74) is 0. The summed E-state index contributed by atoms with van der Waals surface area (Å²) in [5, 5.41) is 18.6. The van der Waals surface area contributed by atoms with Gasteiger partial charge in [0.15, 0.2) is 0 Å². The van der Waals surface area contributed by atoms with Crippen molar-refractivity contribution in [2.24, 2.45) is 11.8 Å². The Balaban J connectivity index is 0.000000157. The molecule has 0 aromatic heterocycles. The lowest BCUT2D eigenvalue weighted by Crippen LogP contribution is -2.35. The van der Waals surface area contributed by atoms with Crippen molar-refractivity contribution in [3.8, 4) is 0 Å². The van der Waals surface area contributed by atoms with Crippen LogP contribution in [0, 0.1) is 11.8 Å². The fraction of sp³-hybridized carbons (Fsp3) is 0.833. The Bertz CT molecular complexity index is 302. The van der Waals surface area contributed by atoms with E-state index in [1.807, 2.05) is 0 Å². The van der Waals surface area contributed by atoms with Gasteiger partial charge in [-0.1, -0.05) is 12.8 Å². The highest BCUT2D eigenvalue weighted by Gasteiger charge is 2.46. The van der Waals surface area contributed by atoms with E-state index in [1.54, 1.807) is 6.42 Å². The molecule has 3 fully saturated rings. The number of aliphatic carboxylic acids is 2. The van der Waals surface area contributed by atoms with Gasteiger partial charge in [-0.3, -0.25) is 0 Å². The van der Waals surface area contributed by atoms with Gasteiger partial charge in [-0.05, 0) is 37.5 Å². The molecule has 0 heterocycles. The molecule has 0 spiro atoms. The lowest BCUT2D eigenvalue weighted by atomic mass is 9.95. The van der Waals surface area contributed by atoms with Crippen molar-refractivity contribution in [3.63, 3.8) is 0 Å². The SMILES string of the molecule is C1CC2CC2C(NC2CC2)C1.O=C(O)C(=O)O. The van der Waals surface area contributed by atoms with E-state index >= 15 is 0 Å². The number of fused-ring (bicyclic) bond motifs is 1. The van der Waals surface area contributed by atoms with Crippen LogP contribution in [0.4, 0.5) is 0 Å². The van der Waals surface area contributed by atoms with E-state index in [0.717, 1.165) is 23.9 Å². The number of carboxylic acid groups (broad SMARTS) is 2. The van der Waals surface area contributed by atoms with Crippen LogP contribution in [0.25, 0.3) is 0 Å². The van der Waals surface area contributed by atoms with Gasteiger partial charge in [-0.15, -0.1) is 0 Å². The molecule has 3 aliphatic carbocycles. The maximum absolute atomic E-state index is 9.10. The van der Waals surface area contributed by atoms with E-state index in [1.165, 1.54) is 32.1 Å². The van der Waals surface area contributed by atoms with Gasteiger partial charge in [-0.25, -0.2) is 9.59 Å². The van der Waals surface area contributed by atoms with Crippen LogP contribution in [-0.4, -0.2) is 34.2 Å². The van der Waals surface area contributed by atoms with Crippen molar-refractivity contribution in [2.45, 2.75) is 50.6 Å². The van der Waals surface area contributed by atoms with E-state index in [-0.39, 0.29) is 0 Å². The van der Waals surface area contributed by atoms with Crippen LogP contribution in [0.1, 0.15) is 38.5 Å². The maximum Gasteiger partial charge on any atom is 0.414 e. The largest absolute Gasteiger partial charge is 0.473 e. The van der Waals surface area contributed by atoms with Crippen LogP contribution in [0.15, 0.2) is 0 Å². The molecule has 5 nitrogen and oxygen atoms in total. The van der Waals surface area contributed by atoms with Crippen molar-refractivity contribution >= 4 is 11.9 Å². The molecule has 3 atom stereocenters. The van der Waals surface area contributed by atoms with Crippen LogP contribution in [0.3, 0.4) is 0 Å². The average Bonchev–Trinajstić information content (AvgIpc) is 3.12. The summed E-state index contributed by atoms with van der Waals surface area (Å²) in [4.78, 5) is 18.2. The standard InChI is InChI=1S/C10H17N.C2H2O4/c1-2-7-6-9(7)10(3-1)11-8-4-5-8;3-1(4)2(5)6/h7-11H,1-6H2;(H,3,4)(H,5,6). The zero-order chi connectivity index (χ0) is 12.4. The van der Waals surface area contributed by atoms with Crippen LogP contribution >= 0.6 is 0 Å². The van der Waals surface area contributed by atoms with Crippen LogP contribution in [-0.2, 0) is 9.59 Å². The minimum absolute atomic E-state index is 0.930. The van der Waals surface area contributed by atoms with Gasteiger partial charge >= 0.3 is 11.9 Å². The summed E-state index contributed by atoms with van der Waals surface area (Å²) in [7, 11) is 0. The molecule has 0 aliphatic heterocycles. The van der Waals surface area contributed by atoms with Gasteiger partial charge in [0.05, 0.1) is 0 Å². The first-order valence-electron chi connectivity index (χ1n) is 6.30. The molecule has 3 saturated carbocycles. The quantitative estimate of drug-likeness (QED) is 0.630. The number of hydrogen-bond acceptors (Lipinski definition) is 3. The van der Waals surface area contributed by atoms with E-state index < -0.39 is 11.9 Å². The second-order valence-corrected chi connectivity index (χ2v) is 5.25. The third-order valence-electron chi connectivity index (χ3n) is 3.79. The summed E-state index contributed by atoms with van der Waals surface area (Å²) < 4.78 is 0. The number of hydrogen-bond donors (Lipinski definition) is 3. The maximum atomic E-state index is 9.10. The van der Waals surface area contributed by atoms with Gasteiger partial charge in [-0.2, -0.15) is 0 Å². The molecule has 0 amide bonds. The molecule has 3 N–H and O–H groups in total. The number of carbonyl (C=O) groups is 2. The number of carboxylic acids is 2. The minimum Gasteiger partial charge on any atom is -0.473 e. The Morgan fingerprint density at radius 3 is 2.18 bits per heavy atom. The van der Waals surface area contributed by atoms with Gasteiger partial charge in [0, 0.05) is 12.1 Å². The van der Waals surface area contributed by atoms with Gasteiger partial charge in [0.2, 0.25) is 0 Å². The Morgan fingerprint density at radius 1 is 1.00 bits per heavy atom. The summed E-state index contributed by atoms with van der Waals surface area (Å²) in [6.07, 6.45) is 8.95. The molecule has 17 heavy (non-hydrogen) atoms. The lowest BCUT2D eigenvalue weighted by molar-refractivity contribution is -0.159. The molecule has 0 radical (unpaired) electrons. The molecular weight excluding hydrogens is 222 g/mol. The van der Waals surface area contributed by atoms with E-state index in [9.17, 15) is 0 Å². The summed E-state index contributed by atoms with van der Waals surface area (Å²) in [6, 6.07) is 1.86. The molecular formula is C12H19NO4. The first kappa shape index (κ1) is 12.4. The highest BCUT2D eigenvalue weighted by molar-refractivity contribution is 6.27. The number of nitrogens with one attached hydrogen (secondary N) is 1. The first-order chi connectivity index (χ1) is 8.08. The topological polar surface area (TPSA) is 86.6 Å². The molecule has 0 saturated heterocycles. The summed E-state index contributed by atoms with van der Waals surface area (Å²) in [5.74, 6) is -1.41. The van der Waals surface area contributed by atoms with E-state index in [0.29, 0.717) is 0 Å². The normalized spacial score (nSPS) is 34.0. The Morgan fingerprint density at radius 2 is 1.65 bits per heavy atom.